The maximum Gasteiger partial charge on any atom is 0.311 e. The zero-order chi connectivity index (χ0) is 11.4. The molecule has 4 nitrogen and oxygen atoms in total. The molecule has 0 aromatic rings. The first-order valence-electron chi connectivity index (χ1n) is 4.95. The molecule has 0 saturated carbocycles. The molecule has 86 valence electrons. The molecule has 0 bridgehead atoms. The molecule has 0 amide bonds. The van der Waals surface area contributed by atoms with Gasteiger partial charge in [-0.3, -0.25) is 4.79 Å². The average molecular weight is 214 g/mol. The number of carbonyl (C=O) groups is 1. The van der Waals surface area contributed by atoms with Crippen LogP contribution in [0, 0.1) is 5.92 Å². The molecule has 0 aromatic heterocycles. The van der Waals surface area contributed by atoms with Crippen LogP contribution in [0.25, 0.3) is 0 Å². The summed E-state index contributed by atoms with van der Waals surface area (Å²) in [6.45, 7) is 1.98. The van der Waals surface area contributed by atoms with Gasteiger partial charge in [-0.25, -0.2) is 0 Å². The predicted octanol–water partition coefficient (Wildman–Crippen LogP) is 1.16. The largest absolute Gasteiger partial charge is 0.469 e. The van der Waals surface area contributed by atoms with Gasteiger partial charge in [0.1, 0.15) is 0 Å². The van der Waals surface area contributed by atoms with Gasteiger partial charge in [-0.15, -0.1) is 0 Å². The van der Waals surface area contributed by atoms with Crippen molar-refractivity contribution in [1.29, 1.82) is 0 Å². The third kappa shape index (κ3) is 2.58. The highest BCUT2D eigenvalue weighted by molar-refractivity contribution is 5.73. The lowest BCUT2D eigenvalue weighted by molar-refractivity contribution is -0.151. The van der Waals surface area contributed by atoms with Gasteiger partial charge in [-0.05, 0) is 18.9 Å². The molecule has 3 atom stereocenters. The molecular formula is C11H18O4. The van der Waals surface area contributed by atoms with E-state index in [0.29, 0.717) is 6.42 Å². The minimum absolute atomic E-state index is 0.0134. The van der Waals surface area contributed by atoms with Crippen LogP contribution in [0.15, 0.2) is 11.6 Å². The minimum Gasteiger partial charge on any atom is -0.469 e. The highest BCUT2D eigenvalue weighted by Gasteiger charge is 2.35. The highest BCUT2D eigenvalue weighted by Crippen LogP contribution is 2.28. The second-order valence-corrected chi connectivity index (χ2v) is 3.70. The van der Waals surface area contributed by atoms with Crippen molar-refractivity contribution >= 4 is 5.97 Å². The molecule has 4 heteroatoms. The standard InChI is InChI=1S/C11H18O4/c1-7-5-10(14-3)8(11(12)15-4)6-9(7)13-2/h5,8-10H,6H2,1-4H3/t8?,9-,10-/m1/s1. The summed E-state index contributed by atoms with van der Waals surface area (Å²) in [4.78, 5) is 11.5. The van der Waals surface area contributed by atoms with Gasteiger partial charge < -0.3 is 14.2 Å². The average Bonchev–Trinajstić information content (AvgIpc) is 2.27. The number of hydrogen-bond donors (Lipinski definition) is 0. The fourth-order valence-electron chi connectivity index (χ4n) is 1.93. The van der Waals surface area contributed by atoms with E-state index < -0.39 is 0 Å². The molecule has 0 aliphatic heterocycles. The van der Waals surface area contributed by atoms with Crippen LogP contribution in [0.3, 0.4) is 0 Å². The second-order valence-electron chi connectivity index (χ2n) is 3.70. The molecule has 0 radical (unpaired) electrons. The van der Waals surface area contributed by atoms with Crippen LogP contribution in [0.1, 0.15) is 13.3 Å². The van der Waals surface area contributed by atoms with Crippen LogP contribution in [-0.2, 0) is 19.0 Å². The number of ether oxygens (including phenoxy) is 3. The minimum atomic E-state index is -0.270. The normalized spacial score (nSPS) is 30.9. The SMILES string of the molecule is COC(=O)C1C[C@@H](OC)C(C)=C[C@H]1OC. The summed E-state index contributed by atoms with van der Waals surface area (Å²) in [6, 6.07) is 0. The van der Waals surface area contributed by atoms with Gasteiger partial charge in [0.2, 0.25) is 0 Å². The number of esters is 1. The van der Waals surface area contributed by atoms with Gasteiger partial charge in [0.25, 0.3) is 0 Å². The Morgan fingerprint density at radius 2 is 2.00 bits per heavy atom. The summed E-state index contributed by atoms with van der Waals surface area (Å²) in [5.74, 6) is -0.513. The zero-order valence-corrected chi connectivity index (χ0v) is 9.65. The van der Waals surface area contributed by atoms with E-state index in [9.17, 15) is 4.79 Å². The summed E-state index contributed by atoms with van der Waals surface area (Å²) < 4.78 is 15.3. The van der Waals surface area contributed by atoms with E-state index in [1.54, 1.807) is 14.2 Å². The van der Waals surface area contributed by atoms with Gasteiger partial charge in [-0.2, -0.15) is 0 Å². The Labute approximate surface area is 90.2 Å². The fourth-order valence-corrected chi connectivity index (χ4v) is 1.93. The molecule has 0 spiro atoms. The van der Waals surface area contributed by atoms with Crippen molar-refractivity contribution in [3.8, 4) is 0 Å². The summed E-state index contributed by atoms with van der Waals surface area (Å²) in [5, 5.41) is 0. The smallest absolute Gasteiger partial charge is 0.311 e. The first-order chi connectivity index (χ1) is 7.13. The van der Waals surface area contributed by atoms with Crippen LogP contribution in [0.5, 0.6) is 0 Å². The lowest BCUT2D eigenvalue weighted by Gasteiger charge is -2.31. The van der Waals surface area contributed by atoms with Crippen molar-refractivity contribution in [3.05, 3.63) is 11.6 Å². The van der Waals surface area contributed by atoms with Crippen LogP contribution in [-0.4, -0.2) is 39.5 Å². The van der Waals surface area contributed by atoms with E-state index in [1.807, 2.05) is 13.0 Å². The first kappa shape index (κ1) is 12.2. The van der Waals surface area contributed by atoms with Crippen LogP contribution in [0.2, 0.25) is 0 Å². The van der Waals surface area contributed by atoms with Crippen LogP contribution in [0.4, 0.5) is 0 Å². The summed E-state index contributed by atoms with van der Waals surface area (Å²) in [5.41, 5.74) is 1.10. The molecule has 1 aliphatic rings. The van der Waals surface area contributed by atoms with Crippen molar-refractivity contribution in [3.63, 3.8) is 0 Å². The molecule has 15 heavy (non-hydrogen) atoms. The molecule has 0 saturated heterocycles. The van der Waals surface area contributed by atoms with Crippen LogP contribution < -0.4 is 0 Å². The van der Waals surface area contributed by atoms with Crippen molar-refractivity contribution in [2.75, 3.05) is 21.3 Å². The quantitative estimate of drug-likeness (QED) is 0.522. The Kier molecular flexibility index (Phi) is 4.29. The number of methoxy groups -OCH3 is 3. The van der Waals surface area contributed by atoms with E-state index in [2.05, 4.69) is 0 Å². The fraction of sp³-hybridized carbons (Fsp3) is 0.727. The number of carbonyl (C=O) groups excluding carboxylic acids is 1. The highest BCUT2D eigenvalue weighted by atomic mass is 16.5. The Bertz CT molecular complexity index is 259. The number of rotatable bonds is 3. The topological polar surface area (TPSA) is 44.8 Å². The maximum absolute atomic E-state index is 11.5. The first-order valence-corrected chi connectivity index (χ1v) is 4.95. The van der Waals surface area contributed by atoms with Gasteiger partial charge in [0.15, 0.2) is 0 Å². The van der Waals surface area contributed by atoms with E-state index in [0.717, 1.165) is 5.57 Å². The summed E-state index contributed by atoms with van der Waals surface area (Å²) >= 11 is 0. The van der Waals surface area contributed by atoms with Crippen molar-refractivity contribution in [2.45, 2.75) is 25.6 Å². The van der Waals surface area contributed by atoms with Crippen LogP contribution >= 0.6 is 0 Å². The van der Waals surface area contributed by atoms with Gasteiger partial charge in [0, 0.05) is 14.2 Å². The van der Waals surface area contributed by atoms with Crippen molar-refractivity contribution in [1.82, 2.24) is 0 Å². The van der Waals surface area contributed by atoms with E-state index in [-0.39, 0.29) is 24.1 Å². The monoisotopic (exact) mass is 214 g/mol. The molecule has 1 aliphatic carbocycles. The Hall–Kier alpha value is -0.870. The Morgan fingerprint density at radius 1 is 1.33 bits per heavy atom. The lowest BCUT2D eigenvalue weighted by atomic mass is 9.85. The molecule has 0 N–H and O–H groups in total. The lowest BCUT2D eigenvalue weighted by Crippen LogP contribution is -2.37. The molecule has 1 unspecified atom stereocenters. The van der Waals surface area contributed by atoms with Gasteiger partial charge in [-0.1, -0.05) is 6.08 Å². The molecule has 1 rings (SSSR count). The van der Waals surface area contributed by atoms with Gasteiger partial charge in [0.05, 0.1) is 25.2 Å². The second kappa shape index (κ2) is 5.28. The predicted molar refractivity (Wildman–Crippen MR) is 55.5 cm³/mol. The Balaban J connectivity index is 2.84. The summed E-state index contributed by atoms with van der Waals surface area (Å²) in [6.07, 6.45) is 2.33. The third-order valence-electron chi connectivity index (χ3n) is 2.86. The Morgan fingerprint density at radius 3 is 2.47 bits per heavy atom. The summed E-state index contributed by atoms with van der Waals surface area (Å²) in [7, 11) is 4.63. The molecular weight excluding hydrogens is 196 g/mol. The molecule has 0 aromatic carbocycles. The van der Waals surface area contributed by atoms with Crippen molar-refractivity contribution < 1.29 is 19.0 Å². The van der Waals surface area contributed by atoms with Gasteiger partial charge >= 0.3 is 5.97 Å². The maximum atomic E-state index is 11.5. The third-order valence-corrected chi connectivity index (χ3v) is 2.86. The molecule has 0 fully saturated rings. The molecule has 0 heterocycles. The van der Waals surface area contributed by atoms with E-state index in [4.69, 9.17) is 14.2 Å². The van der Waals surface area contributed by atoms with E-state index in [1.165, 1.54) is 7.11 Å². The van der Waals surface area contributed by atoms with E-state index >= 15 is 0 Å². The van der Waals surface area contributed by atoms with Crippen molar-refractivity contribution in [2.24, 2.45) is 5.92 Å². The number of hydrogen-bond acceptors (Lipinski definition) is 4. The zero-order valence-electron chi connectivity index (χ0n) is 9.65.